The third-order valence-electron chi connectivity index (χ3n) is 2.55. The Morgan fingerprint density at radius 1 is 1.30 bits per heavy atom. The van der Waals surface area contributed by atoms with E-state index in [4.69, 9.17) is 4.74 Å². The number of nitrogens with zero attached hydrogens (tertiary/aromatic N) is 3. The van der Waals surface area contributed by atoms with Gasteiger partial charge in [0.1, 0.15) is 0 Å². The molecule has 0 radical (unpaired) electrons. The summed E-state index contributed by atoms with van der Waals surface area (Å²) < 4.78 is 9.45. The second kappa shape index (κ2) is 5.86. The van der Waals surface area contributed by atoms with Crippen molar-refractivity contribution in [3.05, 3.63) is 41.8 Å². The predicted octanol–water partition coefficient (Wildman–Crippen LogP) is 2.80. The lowest BCUT2D eigenvalue weighted by molar-refractivity contribution is 0.293. The van der Waals surface area contributed by atoms with Gasteiger partial charge in [0.05, 0.1) is 17.6 Å². The Labute approximate surface area is 118 Å². The lowest BCUT2D eigenvalue weighted by Gasteiger charge is -2.08. The van der Waals surface area contributed by atoms with E-state index < -0.39 is 9.41 Å². The second-order valence-electron chi connectivity index (χ2n) is 4.28. The largest absolute Gasteiger partial charge is 0.480 e. The van der Waals surface area contributed by atoms with Gasteiger partial charge in [-0.05, 0) is 19.4 Å². The normalized spacial score (nSPS) is 20.6. The standard InChI is InChI=1S/C14H15N3O2S/c1-11(2)16-17-20(10-18)9-15-14(19-3)13(20)12-7-5-4-6-8-12/h4-9H,1-3H3. The van der Waals surface area contributed by atoms with Crippen molar-refractivity contribution in [3.63, 3.8) is 0 Å². The van der Waals surface area contributed by atoms with Gasteiger partial charge in [-0.1, -0.05) is 30.3 Å². The minimum atomic E-state index is -2.35. The SMILES string of the molecule is COC1=C(c2ccccc2)S(=C=O)(=NN=C(C)C)C=N1. The van der Waals surface area contributed by atoms with Gasteiger partial charge in [-0.2, -0.15) is 5.10 Å². The molecule has 0 aliphatic carbocycles. The first-order chi connectivity index (χ1) is 9.63. The molecule has 1 aromatic rings. The van der Waals surface area contributed by atoms with Crippen LogP contribution >= 0.6 is 0 Å². The molecule has 6 heteroatoms. The Morgan fingerprint density at radius 2 is 2.00 bits per heavy atom. The van der Waals surface area contributed by atoms with E-state index in [0.29, 0.717) is 10.8 Å². The van der Waals surface area contributed by atoms with Crippen LogP contribution in [0.5, 0.6) is 0 Å². The van der Waals surface area contributed by atoms with Crippen LogP contribution < -0.4 is 0 Å². The van der Waals surface area contributed by atoms with E-state index in [1.165, 1.54) is 12.7 Å². The zero-order valence-corrected chi connectivity index (χ0v) is 12.3. The topological polar surface area (TPSA) is 63.4 Å². The van der Waals surface area contributed by atoms with Gasteiger partial charge in [-0.3, -0.25) is 0 Å². The smallest absolute Gasteiger partial charge is 0.229 e. The van der Waals surface area contributed by atoms with E-state index >= 15 is 0 Å². The highest BCUT2D eigenvalue weighted by Gasteiger charge is 2.25. The van der Waals surface area contributed by atoms with Crippen molar-refractivity contribution in [3.8, 4) is 0 Å². The van der Waals surface area contributed by atoms with Crippen LogP contribution in [0.1, 0.15) is 19.4 Å². The van der Waals surface area contributed by atoms with Crippen molar-refractivity contribution in [1.82, 2.24) is 0 Å². The van der Waals surface area contributed by atoms with Gasteiger partial charge < -0.3 is 4.74 Å². The summed E-state index contributed by atoms with van der Waals surface area (Å²) in [6.07, 6.45) is 0. The zero-order valence-electron chi connectivity index (χ0n) is 11.5. The molecule has 1 aliphatic heterocycles. The summed E-state index contributed by atoms with van der Waals surface area (Å²) in [5, 5.41) is 6.05. The first-order valence-corrected chi connectivity index (χ1v) is 7.61. The summed E-state index contributed by atoms with van der Waals surface area (Å²) >= 11 is 0. The van der Waals surface area contributed by atoms with Crippen molar-refractivity contribution >= 4 is 30.8 Å². The molecule has 1 atom stereocenters. The second-order valence-corrected chi connectivity index (χ2v) is 6.48. The van der Waals surface area contributed by atoms with Crippen molar-refractivity contribution in [2.24, 2.45) is 14.6 Å². The fourth-order valence-electron chi connectivity index (χ4n) is 1.69. The summed E-state index contributed by atoms with van der Waals surface area (Å²) in [4.78, 5) is 16.4. The van der Waals surface area contributed by atoms with Gasteiger partial charge in [0.25, 0.3) is 0 Å². The molecule has 5 nitrogen and oxygen atoms in total. The van der Waals surface area contributed by atoms with E-state index in [0.717, 1.165) is 11.3 Å². The third kappa shape index (κ3) is 2.57. The monoisotopic (exact) mass is 289 g/mol. The Kier molecular flexibility index (Phi) is 4.17. The van der Waals surface area contributed by atoms with Crippen molar-refractivity contribution in [2.75, 3.05) is 7.11 Å². The van der Waals surface area contributed by atoms with Gasteiger partial charge in [0, 0.05) is 15.1 Å². The molecule has 0 bridgehead atoms. The maximum absolute atomic E-state index is 11.6. The molecule has 0 saturated carbocycles. The first kappa shape index (κ1) is 14.2. The van der Waals surface area contributed by atoms with E-state index in [1.807, 2.05) is 49.4 Å². The molecule has 2 rings (SSSR count). The fourth-order valence-corrected chi connectivity index (χ4v) is 3.52. The third-order valence-corrected chi connectivity index (χ3v) is 4.59. The maximum Gasteiger partial charge on any atom is 0.229 e. The number of carbonyl (C=O) groups excluding carboxylic acids is 1. The molecule has 104 valence electrons. The summed E-state index contributed by atoms with van der Waals surface area (Å²) in [6.45, 7) is 3.63. The van der Waals surface area contributed by atoms with Crippen molar-refractivity contribution < 1.29 is 9.53 Å². The average molecular weight is 289 g/mol. The van der Waals surface area contributed by atoms with Gasteiger partial charge in [0.2, 0.25) is 5.88 Å². The molecule has 1 unspecified atom stereocenters. The van der Waals surface area contributed by atoms with Crippen LogP contribution in [0.15, 0.2) is 50.8 Å². The summed E-state index contributed by atoms with van der Waals surface area (Å²) in [5.41, 5.74) is 3.10. The number of ether oxygens (including phenoxy) is 1. The molecule has 0 fully saturated rings. The minimum Gasteiger partial charge on any atom is -0.480 e. The summed E-state index contributed by atoms with van der Waals surface area (Å²) in [7, 11) is -0.836. The Bertz CT molecular complexity index is 744. The van der Waals surface area contributed by atoms with Crippen LogP contribution in [0.25, 0.3) is 4.91 Å². The average Bonchev–Trinajstić information content (AvgIpc) is 2.85. The molecule has 0 spiro atoms. The van der Waals surface area contributed by atoms with E-state index in [-0.39, 0.29) is 0 Å². The number of aliphatic imine (C=N–C) groups is 1. The van der Waals surface area contributed by atoms with Crippen LogP contribution in [0.2, 0.25) is 0 Å². The molecule has 20 heavy (non-hydrogen) atoms. The number of benzene rings is 1. The Balaban J connectivity index is 2.76. The molecule has 0 N–H and O–H groups in total. The number of hydrogen-bond donors (Lipinski definition) is 0. The van der Waals surface area contributed by atoms with Crippen molar-refractivity contribution in [2.45, 2.75) is 13.8 Å². The lowest BCUT2D eigenvalue weighted by atomic mass is 10.2. The minimum absolute atomic E-state index is 0.391. The molecule has 1 heterocycles. The van der Waals surface area contributed by atoms with Crippen LogP contribution in [0, 0.1) is 0 Å². The number of methoxy groups -OCH3 is 1. The zero-order chi connectivity index (χ0) is 14.6. The molecule has 1 aromatic carbocycles. The number of hydrogen-bond acceptors (Lipinski definition) is 4. The molecule has 0 aromatic heterocycles. The van der Waals surface area contributed by atoms with Gasteiger partial charge in [-0.25, -0.2) is 9.79 Å². The molecule has 0 amide bonds. The van der Waals surface area contributed by atoms with Gasteiger partial charge >= 0.3 is 0 Å². The lowest BCUT2D eigenvalue weighted by Crippen LogP contribution is -2.03. The first-order valence-electron chi connectivity index (χ1n) is 5.96. The van der Waals surface area contributed by atoms with Gasteiger partial charge in [0.15, 0.2) is 5.23 Å². The maximum atomic E-state index is 11.6. The van der Waals surface area contributed by atoms with Crippen LogP contribution in [-0.2, 0) is 18.9 Å². The molecule has 1 aliphatic rings. The van der Waals surface area contributed by atoms with Crippen LogP contribution in [0.3, 0.4) is 0 Å². The Hall–Kier alpha value is -2.17. The molecular weight excluding hydrogens is 274 g/mol. The highest BCUT2D eigenvalue weighted by Crippen LogP contribution is 2.32. The van der Waals surface area contributed by atoms with E-state index in [9.17, 15) is 4.79 Å². The summed E-state index contributed by atoms with van der Waals surface area (Å²) in [5.74, 6) is 0.391. The van der Waals surface area contributed by atoms with Crippen molar-refractivity contribution in [1.29, 1.82) is 0 Å². The molecular formula is C14H15N3O2S. The highest BCUT2D eigenvalue weighted by molar-refractivity contribution is 8.22. The molecule has 0 saturated heterocycles. The predicted molar refractivity (Wildman–Crippen MR) is 83.1 cm³/mol. The highest BCUT2D eigenvalue weighted by atomic mass is 32.2. The summed E-state index contributed by atoms with van der Waals surface area (Å²) in [6, 6.07) is 9.45. The Morgan fingerprint density at radius 3 is 2.55 bits per heavy atom. The van der Waals surface area contributed by atoms with Crippen LogP contribution in [-0.4, -0.2) is 23.6 Å². The van der Waals surface area contributed by atoms with E-state index in [2.05, 4.69) is 14.6 Å². The van der Waals surface area contributed by atoms with E-state index in [1.54, 1.807) is 0 Å². The fraction of sp³-hybridized carbons (Fsp3) is 0.214. The quantitative estimate of drug-likeness (QED) is 0.488. The number of rotatable bonds is 3. The van der Waals surface area contributed by atoms with Gasteiger partial charge in [-0.15, -0.1) is 4.47 Å². The van der Waals surface area contributed by atoms with Crippen LogP contribution in [0.4, 0.5) is 0 Å².